The number of aryl methyl sites for hydroxylation is 2. The number of aliphatic hydroxyl groups excluding tert-OH is 1. The average Bonchev–Trinajstić information content (AvgIpc) is 2.82. The first-order valence-corrected chi connectivity index (χ1v) is 11.3. The fourth-order valence-electron chi connectivity index (χ4n) is 3.70. The van der Waals surface area contributed by atoms with Crippen LogP contribution in [0.15, 0.2) is 48.5 Å². The van der Waals surface area contributed by atoms with E-state index in [1.165, 1.54) is 0 Å². The van der Waals surface area contributed by atoms with Gasteiger partial charge in [-0.25, -0.2) is 4.98 Å². The first-order chi connectivity index (χ1) is 15.7. The van der Waals surface area contributed by atoms with Gasteiger partial charge in [0, 0.05) is 18.6 Å². The van der Waals surface area contributed by atoms with E-state index in [1.54, 1.807) is 0 Å². The molecule has 3 aromatic rings. The Morgan fingerprint density at radius 2 is 1.78 bits per heavy atom. The summed E-state index contributed by atoms with van der Waals surface area (Å²) in [7, 11) is 0. The number of aromatic nitrogens is 2. The van der Waals surface area contributed by atoms with Crippen LogP contribution >= 0.6 is 0 Å². The lowest BCUT2D eigenvalue weighted by Gasteiger charge is -2.16. The Labute approximate surface area is 190 Å². The summed E-state index contributed by atoms with van der Waals surface area (Å²) in [5.74, 6) is 1.38. The fourth-order valence-corrected chi connectivity index (χ4v) is 3.70. The van der Waals surface area contributed by atoms with Crippen LogP contribution in [0, 0.1) is 18.3 Å². The molecule has 0 aliphatic carbocycles. The quantitative estimate of drug-likeness (QED) is 0.412. The summed E-state index contributed by atoms with van der Waals surface area (Å²) >= 11 is 0. The predicted octanol–water partition coefficient (Wildman–Crippen LogP) is 5.41. The minimum absolute atomic E-state index is 0.169. The molecule has 0 unspecified atom stereocenters. The molecular formula is C27H31N3O2. The molecule has 0 atom stereocenters. The standard InChI is InChI=1S/C27H31N3O2/c1-3-4-11-26-25(27(30-20(2)29-26)32-17-8-7-16-31)18-21-12-14-22(15-13-21)24-10-6-5-9-23(24)19-28/h5-6,9-10,12-15,31H,3-4,7-8,11,16-18H2,1-2H3. The minimum atomic E-state index is 0.169. The van der Waals surface area contributed by atoms with Gasteiger partial charge in [-0.15, -0.1) is 0 Å². The number of hydrogen-bond donors (Lipinski definition) is 1. The highest BCUT2D eigenvalue weighted by molar-refractivity contribution is 5.70. The summed E-state index contributed by atoms with van der Waals surface area (Å²) in [6.45, 7) is 4.78. The van der Waals surface area contributed by atoms with Gasteiger partial charge >= 0.3 is 0 Å². The van der Waals surface area contributed by atoms with E-state index in [1.807, 2.05) is 31.2 Å². The Morgan fingerprint density at radius 1 is 1.00 bits per heavy atom. The van der Waals surface area contributed by atoms with E-state index in [0.29, 0.717) is 30.9 Å². The highest BCUT2D eigenvalue weighted by atomic mass is 16.5. The molecule has 32 heavy (non-hydrogen) atoms. The van der Waals surface area contributed by atoms with Gasteiger partial charge in [-0.2, -0.15) is 10.2 Å². The van der Waals surface area contributed by atoms with Crippen molar-refractivity contribution < 1.29 is 9.84 Å². The van der Waals surface area contributed by atoms with Crippen molar-refractivity contribution >= 4 is 0 Å². The van der Waals surface area contributed by atoms with E-state index in [0.717, 1.165) is 59.5 Å². The molecule has 1 aromatic heterocycles. The molecule has 0 saturated heterocycles. The van der Waals surface area contributed by atoms with Gasteiger partial charge in [0.15, 0.2) is 0 Å². The molecule has 1 N–H and O–H groups in total. The largest absolute Gasteiger partial charge is 0.477 e. The van der Waals surface area contributed by atoms with Gasteiger partial charge < -0.3 is 9.84 Å². The number of ether oxygens (including phenoxy) is 1. The van der Waals surface area contributed by atoms with Crippen LogP contribution in [-0.2, 0) is 12.8 Å². The molecule has 5 heteroatoms. The van der Waals surface area contributed by atoms with E-state index < -0.39 is 0 Å². The number of nitriles is 1. The molecule has 0 aliphatic heterocycles. The normalized spacial score (nSPS) is 10.7. The van der Waals surface area contributed by atoms with Crippen molar-refractivity contribution in [1.82, 2.24) is 9.97 Å². The van der Waals surface area contributed by atoms with Crippen LogP contribution in [0.25, 0.3) is 11.1 Å². The van der Waals surface area contributed by atoms with Gasteiger partial charge in [0.05, 0.1) is 23.9 Å². The Balaban J connectivity index is 1.88. The lowest BCUT2D eigenvalue weighted by molar-refractivity contribution is 0.247. The maximum Gasteiger partial charge on any atom is 0.220 e. The number of hydrogen-bond acceptors (Lipinski definition) is 5. The summed E-state index contributed by atoms with van der Waals surface area (Å²) < 4.78 is 6.04. The summed E-state index contributed by atoms with van der Waals surface area (Å²) in [5, 5.41) is 18.4. The van der Waals surface area contributed by atoms with Crippen molar-refractivity contribution in [3.8, 4) is 23.1 Å². The predicted molar refractivity (Wildman–Crippen MR) is 127 cm³/mol. The third-order valence-corrected chi connectivity index (χ3v) is 5.42. The zero-order valence-corrected chi connectivity index (χ0v) is 19.0. The molecule has 5 nitrogen and oxygen atoms in total. The lowest BCUT2D eigenvalue weighted by atomic mass is 9.96. The Hall–Kier alpha value is -3.23. The van der Waals surface area contributed by atoms with Crippen LogP contribution in [-0.4, -0.2) is 28.3 Å². The Kier molecular flexibility index (Phi) is 8.77. The molecule has 0 saturated carbocycles. The average molecular weight is 430 g/mol. The summed E-state index contributed by atoms with van der Waals surface area (Å²) in [4.78, 5) is 9.32. The monoisotopic (exact) mass is 429 g/mol. The lowest BCUT2D eigenvalue weighted by Crippen LogP contribution is -2.10. The second-order valence-electron chi connectivity index (χ2n) is 7.92. The van der Waals surface area contributed by atoms with Crippen LogP contribution in [0.4, 0.5) is 0 Å². The topological polar surface area (TPSA) is 79.0 Å². The van der Waals surface area contributed by atoms with Crippen LogP contribution in [0.1, 0.15) is 60.8 Å². The maximum absolute atomic E-state index is 9.40. The molecule has 1 heterocycles. The zero-order valence-electron chi connectivity index (χ0n) is 19.0. The van der Waals surface area contributed by atoms with E-state index >= 15 is 0 Å². The number of benzene rings is 2. The molecule has 2 aromatic carbocycles. The van der Waals surface area contributed by atoms with Gasteiger partial charge in [0.1, 0.15) is 5.82 Å². The second-order valence-corrected chi connectivity index (χ2v) is 7.92. The number of nitrogens with zero attached hydrogens (tertiary/aromatic N) is 3. The molecular weight excluding hydrogens is 398 g/mol. The summed E-state index contributed by atoms with van der Waals surface area (Å²) in [6.07, 6.45) is 5.26. The van der Waals surface area contributed by atoms with E-state index in [9.17, 15) is 5.26 Å². The third-order valence-electron chi connectivity index (χ3n) is 5.42. The minimum Gasteiger partial charge on any atom is -0.477 e. The first kappa shape index (κ1) is 23.4. The summed E-state index contributed by atoms with van der Waals surface area (Å²) in [5.41, 5.74) is 5.88. The van der Waals surface area contributed by atoms with Crippen LogP contribution in [0.5, 0.6) is 5.88 Å². The molecule has 0 bridgehead atoms. The fraction of sp³-hybridized carbons (Fsp3) is 0.370. The molecule has 3 rings (SSSR count). The van der Waals surface area contributed by atoms with Crippen molar-refractivity contribution in [2.75, 3.05) is 13.2 Å². The second kappa shape index (κ2) is 12.0. The molecule has 166 valence electrons. The Bertz CT molecular complexity index is 1060. The number of unbranched alkanes of at least 4 members (excludes halogenated alkanes) is 2. The number of aliphatic hydroxyl groups is 1. The SMILES string of the molecule is CCCCc1nc(C)nc(OCCCCO)c1Cc1ccc(-c2ccccc2C#N)cc1. The van der Waals surface area contributed by atoms with E-state index in [2.05, 4.69) is 42.2 Å². The van der Waals surface area contributed by atoms with Gasteiger partial charge in [0.2, 0.25) is 5.88 Å². The van der Waals surface area contributed by atoms with Crippen molar-refractivity contribution in [2.24, 2.45) is 0 Å². The smallest absolute Gasteiger partial charge is 0.220 e. The van der Waals surface area contributed by atoms with Crippen LogP contribution in [0.2, 0.25) is 0 Å². The first-order valence-electron chi connectivity index (χ1n) is 11.3. The molecule has 0 fully saturated rings. The van der Waals surface area contributed by atoms with Crippen LogP contribution < -0.4 is 4.74 Å². The third kappa shape index (κ3) is 6.15. The number of rotatable bonds is 11. The van der Waals surface area contributed by atoms with Gasteiger partial charge in [-0.1, -0.05) is 55.8 Å². The van der Waals surface area contributed by atoms with Gasteiger partial charge in [0.25, 0.3) is 0 Å². The van der Waals surface area contributed by atoms with Gasteiger partial charge in [-0.05, 0) is 55.4 Å². The van der Waals surface area contributed by atoms with Crippen molar-refractivity contribution in [3.05, 3.63) is 76.7 Å². The maximum atomic E-state index is 9.40. The highest BCUT2D eigenvalue weighted by Gasteiger charge is 2.15. The van der Waals surface area contributed by atoms with Crippen molar-refractivity contribution in [1.29, 1.82) is 5.26 Å². The van der Waals surface area contributed by atoms with Gasteiger partial charge in [-0.3, -0.25) is 0 Å². The van der Waals surface area contributed by atoms with Crippen molar-refractivity contribution in [3.63, 3.8) is 0 Å². The highest BCUT2D eigenvalue weighted by Crippen LogP contribution is 2.27. The molecule has 0 aliphatic rings. The Morgan fingerprint density at radius 3 is 2.50 bits per heavy atom. The molecule has 0 spiro atoms. The van der Waals surface area contributed by atoms with E-state index in [4.69, 9.17) is 14.8 Å². The van der Waals surface area contributed by atoms with E-state index in [-0.39, 0.29) is 6.61 Å². The van der Waals surface area contributed by atoms with Crippen LogP contribution in [0.3, 0.4) is 0 Å². The zero-order chi connectivity index (χ0) is 22.8. The van der Waals surface area contributed by atoms with Crippen molar-refractivity contribution in [2.45, 2.75) is 52.4 Å². The molecule has 0 radical (unpaired) electrons. The molecule has 0 amide bonds. The summed E-state index contributed by atoms with van der Waals surface area (Å²) in [6, 6.07) is 18.2.